The van der Waals surface area contributed by atoms with E-state index in [9.17, 15) is 18.0 Å². The van der Waals surface area contributed by atoms with Crippen molar-refractivity contribution in [1.82, 2.24) is 0 Å². The number of nitrogen functional groups attached to an aromatic ring is 1. The smallest absolute Gasteiger partial charge is 0.398 e. The van der Waals surface area contributed by atoms with E-state index in [0.29, 0.717) is 23.7 Å². The molecule has 0 aromatic heterocycles. The summed E-state index contributed by atoms with van der Waals surface area (Å²) < 4.78 is 38.3. The van der Waals surface area contributed by atoms with E-state index in [1.54, 1.807) is 24.3 Å². The summed E-state index contributed by atoms with van der Waals surface area (Å²) in [6, 6.07) is 8.28. The van der Waals surface area contributed by atoms with Gasteiger partial charge in [0.25, 0.3) is 5.91 Å². The molecule has 0 saturated carbocycles. The van der Waals surface area contributed by atoms with Crippen LogP contribution in [0.15, 0.2) is 36.4 Å². The van der Waals surface area contributed by atoms with Gasteiger partial charge in [-0.05, 0) is 30.2 Å². The Labute approximate surface area is 141 Å². The first-order valence-electron chi connectivity index (χ1n) is 6.90. The zero-order valence-electron chi connectivity index (χ0n) is 12.3. The molecule has 2 aromatic rings. The molecule has 128 valence electrons. The molecule has 8 heteroatoms. The molecule has 24 heavy (non-hydrogen) atoms. The maximum Gasteiger partial charge on any atom is 0.417 e. The van der Waals surface area contributed by atoms with Gasteiger partial charge in [0.15, 0.2) is 0 Å². The Bertz CT molecular complexity index is 763. The Hall–Kier alpha value is -2.25. The van der Waals surface area contributed by atoms with E-state index >= 15 is 0 Å². The van der Waals surface area contributed by atoms with E-state index in [-0.39, 0.29) is 17.9 Å². The van der Waals surface area contributed by atoms with Crippen molar-refractivity contribution >= 4 is 28.9 Å². The second-order valence-electron chi connectivity index (χ2n) is 5.00. The van der Waals surface area contributed by atoms with Gasteiger partial charge in [-0.15, -0.1) is 0 Å². The van der Waals surface area contributed by atoms with Crippen molar-refractivity contribution in [3.63, 3.8) is 0 Å². The average Bonchev–Trinajstić information content (AvgIpc) is 2.50. The lowest BCUT2D eigenvalue weighted by atomic mass is 10.1. The van der Waals surface area contributed by atoms with Gasteiger partial charge in [0.05, 0.1) is 16.1 Å². The fourth-order valence-electron chi connectivity index (χ4n) is 2.17. The topological polar surface area (TPSA) is 75.4 Å². The maximum atomic E-state index is 12.8. The molecule has 4 N–H and O–H groups in total. The van der Waals surface area contributed by atoms with Crippen LogP contribution in [0.2, 0.25) is 5.02 Å². The number of hydrogen-bond donors (Lipinski definition) is 3. The largest absolute Gasteiger partial charge is 0.417 e. The minimum atomic E-state index is -4.66. The minimum Gasteiger partial charge on any atom is -0.398 e. The van der Waals surface area contributed by atoms with Crippen LogP contribution in [0.5, 0.6) is 0 Å². The molecule has 1 amide bonds. The third-order valence-electron chi connectivity index (χ3n) is 3.34. The normalized spacial score (nSPS) is 11.4. The molecule has 0 heterocycles. The van der Waals surface area contributed by atoms with Crippen molar-refractivity contribution in [2.24, 2.45) is 0 Å². The summed E-state index contributed by atoms with van der Waals surface area (Å²) in [6.45, 7) is -0.110. The highest BCUT2D eigenvalue weighted by molar-refractivity contribution is 6.32. The standard InChI is InChI=1S/C16H14ClF3N2O2/c17-12-7-10(13(21)8-11(12)16(18,19)20)15(24)22-14-4-2-1-3-9(14)5-6-23/h1-4,7-8,23H,5-6,21H2,(H,22,24). The predicted octanol–water partition coefficient (Wildman–Crippen LogP) is 3.73. The first-order chi connectivity index (χ1) is 11.2. The van der Waals surface area contributed by atoms with Gasteiger partial charge in [0, 0.05) is 18.0 Å². The number of benzene rings is 2. The first-order valence-corrected chi connectivity index (χ1v) is 7.28. The van der Waals surface area contributed by atoms with Gasteiger partial charge in [-0.2, -0.15) is 13.2 Å². The number of aliphatic hydroxyl groups is 1. The molecule has 0 aliphatic rings. The van der Waals surface area contributed by atoms with E-state index in [4.69, 9.17) is 22.4 Å². The lowest BCUT2D eigenvalue weighted by Crippen LogP contribution is -2.17. The summed E-state index contributed by atoms with van der Waals surface area (Å²) in [5, 5.41) is 11.0. The van der Waals surface area contributed by atoms with Crippen LogP contribution < -0.4 is 11.1 Å². The number of aliphatic hydroxyl groups excluding tert-OH is 1. The zero-order valence-corrected chi connectivity index (χ0v) is 13.1. The number of anilines is 2. The Balaban J connectivity index is 2.33. The number of amides is 1. The predicted molar refractivity (Wildman–Crippen MR) is 86.1 cm³/mol. The van der Waals surface area contributed by atoms with E-state index in [2.05, 4.69) is 5.32 Å². The van der Waals surface area contributed by atoms with Gasteiger partial charge < -0.3 is 16.2 Å². The van der Waals surface area contributed by atoms with Gasteiger partial charge in [0.1, 0.15) is 0 Å². The second kappa shape index (κ2) is 7.11. The van der Waals surface area contributed by atoms with Crippen LogP contribution in [-0.2, 0) is 12.6 Å². The molecule has 2 aromatic carbocycles. The third kappa shape index (κ3) is 3.98. The van der Waals surface area contributed by atoms with Crippen LogP contribution in [0.3, 0.4) is 0 Å². The van der Waals surface area contributed by atoms with Crippen molar-refractivity contribution in [3.8, 4) is 0 Å². The van der Waals surface area contributed by atoms with Gasteiger partial charge in [-0.1, -0.05) is 29.8 Å². The summed E-state index contributed by atoms with van der Waals surface area (Å²) in [5.74, 6) is -0.687. The van der Waals surface area contributed by atoms with Crippen molar-refractivity contribution in [1.29, 1.82) is 0 Å². The van der Waals surface area contributed by atoms with Crippen molar-refractivity contribution in [2.75, 3.05) is 17.7 Å². The number of halogens is 4. The fraction of sp³-hybridized carbons (Fsp3) is 0.188. The summed E-state index contributed by atoms with van der Waals surface area (Å²) in [6.07, 6.45) is -4.34. The van der Waals surface area contributed by atoms with Crippen molar-refractivity contribution in [2.45, 2.75) is 12.6 Å². The monoisotopic (exact) mass is 358 g/mol. The SMILES string of the molecule is Nc1cc(C(F)(F)F)c(Cl)cc1C(=O)Nc1ccccc1CCO. The van der Waals surface area contributed by atoms with Crippen LogP contribution in [-0.4, -0.2) is 17.6 Å². The molecular formula is C16H14ClF3N2O2. The Kier molecular flexibility index (Phi) is 5.36. The molecule has 0 aliphatic carbocycles. The third-order valence-corrected chi connectivity index (χ3v) is 3.65. The van der Waals surface area contributed by atoms with Crippen LogP contribution >= 0.6 is 11.6 Å². The quantitative estimate of drug-likeness (QED) is 0.729. The molecule has 0 atom stereocenters. The van der Waals surface area contributed by atoms with E-state index in [0.717, 1.165) is 6.07 Å². The average molecular weight is 359 g/mol. The van der Waals surface area contributed by atoms with Gasteiger partial charge >= 0.3 is 6.18 Å². The first kappa shape index (κ1) is 18.1. The van der Waals surface area contributed by atoms with Crippen molar-refractivity contribution in [3.05, 3.63) is 58.1 Å². The van der Waals surface area contributed by atoms with Crippen LogP contribution in [0.1, 0.15) is 21.5 Å². The highest BCUT2D eigenvalue weighted by atomic mass is 35.5. The molecule has 0 radical (unpaired) electrons. The highest BCUT2D eigenvalue weighted by Crippen LogP contribution is 2.37. The molecule has 0 saturated heterocycles. The summed E-state index contributed by atoms with van der Waals surface area (Å²) in [4.78, 5) is 12.3. The number of carbonyl (C=O) groups is 1. The zero-order chi connectivity index (χ0) is 17.9. The summed E-state index contributed by atoms with van der Waals surface area (Å²) >= 11 is 5.63. The number of nitrogens with two attached hydrogens (primary N) is 1. The molecule has 0 unspecified atom stereocenters. The maximum absolute atomic E-state index is 12.8. The molecule has 2 rings (SSSR count). The van der Waals surface area contributed by atoms with Gasteiger partial charge in [-0.3, -0.25) is 4.79 Å². The number of nitrogens with one attached hydrogen (secondary N) is 1. The molecule has 4 nitrogen and oxygen atoms in total. The van der Waals surface area contributed by atoms with Crippen LogP contribution in [0.25, 0.3) is 0 Å². The molecule has 0 spiro atoms. The summed E-state index contributed by atoms with van der Waals surface area (Å²) in [5.41, 5.74) is 5.11. The van der Waals surface area contributed by atoms with E-state index in [1.165, 1.54) is 0 Å². The number of para-hydroxylation sites is 1. The van der Waals surface area contributed by atoms with Gasteiger partial charge in [-0.25, -0.2) is 0 Å². The van der Waals surface area contributed by atoms with Gasteiger partial charge in [0.2, 0.25) is 0 Å². The molecule has 0 fully saturated rings. The number of rotatable bonds is 4. The highest BCUT2D eigenvalue weighted by Gasteiger charge is 2.34. The summed E-state index contributed by atoms with van der Waals surface area (Å²) in [7, 11) is 0. The van der Waals surface area contributed by atoms with Crippen LogP contribution in [0.4, 0.5) is 24.5 Å². The van der Waals surface area contributed by atoms with E-state index < -0.39 is 22.7 Å². The molecule has 0 aliphatic heterocycles. The Morgan fingerprint density at radius 2 is 1.92 bits per heavy atom. The Morgan fingerprint density at radius 1 is 1.25 bits per heavy atom. The molecule has 0 bridgehead atoms. The van der Waals surface area contributed by atoms with Crippen molar-refractivity contribution < 1.29 is 23.1 Å². The lowest BCUT2D eigenvalue weighted by molar-refractivity contribution is -0.137. The number of alkyl halides is 3. The second-order valence-corrected chi connectivity index (χ2v) is 5.41. The Morgan fingerprint density at radius 3 is 2.54 bits per heavy atom. The molecular weight excluding hydrogens is 345 g/mol. The van der Waals surface area contributed by atoms with Crippen LogP contribution in [0, 0.1) is 0 Å². The lowest BCUT2D eigenvalue weighted by Gasteiger charge is -2.14. The number of carbonyl (C=O) groups excluding carboxylic acids is 1. The fourth-order valence-corrected chi connectivity index (χ4v) is 2.45. The van der Waals surface area contributed by atoms with E-state index in [1.807, 2.05) is 0 Å². The minimum absolute atomic E-state index is 0.110. The number of hydrogen-bond acceptors (Lipinski definition) is 3.